The minimum atomic E-state index is 0.0629. The maximum Gasteiger partial charge on any atom is 0.136 e. The Kier molecular flexibility index (Phi) is 4.02. The number of para-hydroxylation sites is 1. The summed E-state index contributed by atoms with van der Waals surface area (Å²) < 4.78 is 6.43. The molecular formula is C27H23NO. The van der Waals surface area contributed by atoms with E-state index in [2.05, 4.69) is 80.4 Å². The zero-order valence-electron chi connectivity index (χ0n) is 16.9. The molecule has 1 aliphatic heterocycles. The van der Waals surface area contributed by atoms with Gasteiger partial charge in [-0.3, -0.25) is 4.98 Å². The first-order valence-corrected chi connectivity index (χ1v) is 9.99. The van der Waals surface area contributed by atoms with Crippen molar-refractivity contribution in [1.29, 1.82) is 0 Å². The average Bonchev–Trinajstić information content (AvgIpc) is 2.87. The number of aromatic nitrogens is 1. The van der Waals surface area contributed by atoms with Gasteiger partial charge in [0.1, 0.15) is 11.5 Å². The van der Waals surface area contributed by atoms with Crippen molar-refractivity contribution >= 4 is 0 Å². The Hall–Kier alpha value is -3.39. The molecular weight excluding hydrogens is 354 g/mol. The molecule has 0 saturated heterocycles. The number of nitrogens with zero attached hydrogens (tertiary/aromatic N) is 1. The largest absolute Gasteiger partial charge is 0.456 e. The summed E-state index contributed by atoms with van der Waals surface area (Å²) >= 11 is 0. The van der Waals surface area contributed by atoms with Crippen molar-refractivity contribution in [3.63, 3.8) is 0 Å². The van der Waals surface area contributed by atoms with Gasteiger partial charge in [-0.2, -0.15) is 0 Å². The van der Waals surface area contributed by atoms with Gasteiger partial charge in [0.2, 0.25) is 0 Å². The normalized spacial score (nSPS) is 12.2. The fraction of sp³-hybridized carbons (Fsp3) is 0.148. The van der Waals surface area contributed by atoms with Gasteiger partial charge in [-0.05, 0) is 52.4 Å². The van der Waals surface area contributed by atoms with E-state index >= 15 is 0 Å². The maximum atomic E-state index is 6.43. The summed E-state index contributed by atoms with van der Waals surface area (Å²) in [6.07, 6.45) is 1.84. The standard InChI is InChI=1S/C27H23NO/c1-27(2,3)23-12-6-4-9-19(23)18-14-15-20-21-11-8-16-28-26(21)22-10-5-7-13-24(22)29-25(20)17-18/h4-17H,1-3H3. The van der Waals surface area contributed by atoms with Crippen molar-refractivity contribution in [2.24, 2.45) is 0 Å². The van der Waals surface area contributed by atoms with Gasteiger partial charge in [0.25, 0.3) is 0 Å². The molecule has 4 aromatic rings. The second kappa shape index (κ2) is 6.59. The molecule has 0 spiro atoms. The summed E-state index contributed by atoms with van der Waals surface area (Å²) in [5.74, 6) is 1.71. The molecule has 2 nitrogen and oxygen atoms in total. The lowest BCUT2D eigenvalue weighted by molar-refractivity contribution is 0.488. The van der Waals surface area contributed by atoms with Crippen LogP contribution in [0, 0.1) is 0 Å². The minimum absolute atomic E-state index is 0.0629. The van der Waals surface area contributed by atoms with Crippen molar-refractivity contribution in [2.75, 3.05) is 0 Å². The Morgan fingerprint density at radius 1 is 0.655 bits per heavy atom. The average molecular weight is 377 g/mol. The van der Waals surface area contributed by atoms with Crippen molar-refractivity contribution in [3.8, 4) is 45.0 Å². The van der Waals surface area contributed by atoms with Gasteiger partial charge in [0, 0.05) is 22.9 Å². The summed E-state index contributed by atoms with van der Waals surface area (Å²) in [6, 6.07) is 27.4. The predicted octanol–water partition coefficient (Wildman–Crippen LogP) is 7.49. The van der Waals surface area contributed by atoms with Crippen molar-refractivity contribution in [2.45, 2.75) is 26.2 Å². The smallest absolute Gasteiger partial charge is 0.136 e. The van der Waals surface area contributed by atoms with Crippen LogP contribution in [-0.2, 0) is 5.41 Å². The first kappa shape index (κ1) is 17.7. The molecule has 2 heteroatoms. The highest BCUT2D eigenvalue weighted by atomic mass is 16.5. The van der Waals surface area contributed by atoms with E-state index in [1.165, 1.54) is 16.7 Å². The second-order valence-electron chi connectivity index (χ2n) is 8.50. The van der Waals surface area contributed by atoms with Crippen LogP contribution in [-0.4, -0.2) is 4.98 Å². The Bertz CT molecular complexity index is 1220. The Balaban J connectivity index is 1.74. The maximum absolute atomic E-state index is 6.43. The number of benzene rings is 3. The van der Waals surface area contributed by atoms with Gasteiger partial charge in [0.05, 0.1) is 5.69 Å². The van der Waals surface area contributed by atoms with Crippen LogP contribution in [0.4, 0.5) is 0 Å². The summed E-state index contributed by atoms with van der Waals surface area (Å²) in [5, 5.41) is 0. The van der Waals surface area contributed by atoms with Gasteiger partial charge in [-0.15, -0.1) is 0 Å². The van der Waals surface area contributed by atoms with Crippen LogP contribution in [0.1, 0.15) is 26.3 Å². The molecule has 2 heterocycles. The quantitative estimate of drug-likeness (QED) is 0.302. The van der Waals surface area contributed by atoms with E-state index < -0.39 is 0 Å². The summed E-state index contributed by atoms with van der Waals surface area (Å²) in [6.45, 7) is 6.76. The zero-order chi connectivity index (χ0) is 20.0. The van der Waals surface area contributed by atoms with Gasteiger partial charge >= 0.3 is 0 Å². The highest BCUT2D eigenvalue weighted by Gasteiger charge is 2.23. The first-order valence-electron chi connectivity index (χ1n) is 9.99. The summed E-state index contributed by atoms with van der Waals surface area (Å²) in [4.78, 5) is 4.67. The molecule has 0 aliphatic carbocycles. The van der Waals surface area contributed by atoms with E-state index in [1.807, 2.05) is 30.5 Å². The van der Waals surface area contributed by atoms with E-state index in [1.54, 1.807) is 0 Å². The lowest BCUT2D eigenvalue weighted by atomic mass is 9.81. The molecule has 0 atom stereocenters. The molecule has 0 radical (unpaired) electrons. The minimum Gasteiger partial charge on any atom is -0.456 e. The van der Waals surface area contributed by atoms with Gasteiger partial charge in [0.15, 0.2) is 0 Å². The van der Waals surface area contributed by atoms with Crippen LogP contribution in [0.2, 0.25) is 0 Å². The highest BCUT2D eigenvalue weighted by molar-refractivity contribution is 5.89. The number of hydrogen-bond donors (Lipinski definition) is 0. The molecule has 3 aromatic carbocycles. The molecule has 5 rings (SSSR count). The van der Waals surface area contributed by atoms with Crippen molar-refractivity contribution in [1.82, 2.24) is 4.98 Å². The molecule has 0 saturated carbocycles. The lowest BCUT2D eigenvalue weighted by Gasteiger charge is -2.23. The molecule has 0 amide bonds. The highest BCUT2D eigenvalue weighted by Crippen LogP contribution is 2.47. The van der Waals surface area contributed by atoms with E-state index in [9.17, 15) is 0 Å². The molecule has 0 N–H and O–H groups in total. The molecule has 1 aliphatic rings. The zero-order valence-corrected chi connectivity index (χ0v) is 16.9. The number of ether oxygens (including phenoxy) is 1. The molecule has 142 valence electrons. The lowest BCUT2D eigenvalue weighted by Crippen LogP contribution is -2.12. The van der Waals surface area contributed by atoms with Crippen LogP contribution in [0.25, 0.3) is 33.5 Å². The fourth-order valence-corrected chi connectivity index (χ4v) is 4.09. The molecule has 0 unspecified atom stereocenters. The predicted molar refractivity (Wildman–Crippen MR) is 119 cm³/mol. The summed E-state index contributed by atoms with van der Waals surface area (Å²) in [7, 11) is 0. The number of fused-ring (bicyclic) bond motifs is 5. The van der Waals surface area contributed by atoms with E-state index in [4.69, 9.17) is 4.74 Å². The molecule has 1 aromatic heterocycles. The second-order valence-corrected chi connectivity index (χ2v) is 8.50. The van der Waals surface area contributed by atoms with Gasteiger partial charge in [-0.1, -0.05) is 69.3 Å². The van der Waals surface area contributed by atoms with Crippen LogP contribution < -0.4 is 4.74 Å². The van der Waals surface area contributed by atoms with Crippen molar-refractivity contribution in [3.05, 3.63) is 90.6 Å². The van der Waals surface area contributed by atoms with Gasteiger partial charge in [-0.25, -0.2) is 0 Å². The number of hydrogen-bond acceptors (Lipinski definition) is 2. The van der Waals surface area contributed by atoms with E-state index in [-0.39, 0.29) is 5.41 Å². The fourth-order valence-electron chi connectivity index (χ4n) is 4.09. The molecule has 0 bridgehead atoms. The van der Waals surface area contributed by atoms with Crippen LogP contribution in [0.3, 0.4) is 0 Å². The summed E-state index contributed by atoms with van der Waals surface area (Å²) in [5.41, 5.74) is 7.96. The Labute approximate surface area is 171 Å². The monoisotopic (exact) mass is 377 g/mol. The van der Waals surface area contributed by atoms with Crippen LogP contribution in [0.5, 0.6) is 11.5 Å². The number of rotatable bonds is 1. The third-order valence-corrected chi connectivity index (χ3v) is 5.49. The van der Waals surface area contributed by atoms with Gasteiger partial charge < -0.3 is 4.74 Å². The van der Waals surface area contributed by atoms with Crippen LogP contribution >= 0.6 is 0 Å². The van der Waals surface area contributed by atoms with E-state index in [0.29, 0.717) is 0 Å². The Morgan fingerprint density at radius 3 is 2.21 bits per heavy atom. The third kappa shape index (κ3) is 3.01. The SMILES string of the molecule is CC(C)(C)c1ccccc1-c1ccc2c(c1)Oc1ccccc1-c1ncccc1-2. The first-order chi connectivity index (χ1) is 14.0. The molecule has 0 fully saturated rings. The Morgan fingerprint density at radius 2 is 1.38 bits per heavy atom. The number of pyridine rings is 1. The topological polar surface area (TPSA) is 22.1 Å². The van der Waals surface area contributed by atoms with Crippen molar-refractivity contribution < 1.29 is 4.74 Å². The van der Waals surface area contributed by atoms with E-state index in [0.717, 1.165) is 33.9 Å². The third-order valence-electron chi connectivity index (χ3n) is 5.49. The molecule has 29 heavy (non-hydrogen) atoms. The van der Waals surface area contributed by atoms with Crippen LogP contribution in [0.15, 0.2) is 85.1 Å².